The van der Waals surface area contributed by atoms with Crippen molar-refractivity contribution in [2.75, 3.05) is 34.3 Å². The number of rotatable bonds is 8. The normalized spacial score (nSPS) is 27.1. The number of phenolic OH excluding ortho intramolecular Hbond substituents is 1. The van der Waals surface area contributed by atoms with Crippen LogP contribution in [0.5, 0.6) is 5.75 Å². The molecule has 0 aliphatic heterocycles. The van der Waals surface area contributed by atoms with Crippen LogP contribution in [0.25, 0.3) is 5.76 Å². The van der Waals surface area contributed by atoms with E-state index >= 15 is 0 Å². The topological polar surface area (TPSA) is 177 Å². The van der Waals surface area contributed by atoms with Crippen molar-refractivity contribution in [3.8, 4) is 5.75 Å². The van der Waals surface area contributed by atoms with Crippen molar-refractivity contribution >= 4 is 28.9 Å². The molecule has 1 aromatic rings. The number of ether oxygens (including phenoxy) is 1. The van der Waals surface area contributed by atoms with Gasteiger partial charge in [0.15, 0.2) is 11.4 Å². The minimum absolute atomic E-state index is 0.0100. The SMILES string of the molecule is CO[C@]12C(=O)C3=C(O)c4c(O)cc(CN(CC5CC5)CC(C)(C)C)c(C)c4CC(=N)C3C[C@H]1[C@H](N(C)C)C(=O)C(C(N)=O)=C2O. The van der Waals surface area contributed by atoms with E-state index in [1.165, 1.54) is 20.0 Å². The fraction of sp³-hybridized carbons (Fsp3) is 0.588. The molecule has 4 atom stereocenters. The number of primary amides is 1. The number of nitrogens with zero attached hydrogens (tertiary/aromatic N) is 2. The molecule has 4 aliphatic carbocycles. The minimum atomic E-state index is -2.21. The number of hydrogen-bond acceptors (Lipinski definition) is 10. The number of fused-ring (bicyclic) bond motifs is 3. The Morgan fingerprint density at radius 2 is 1.82 bits per heavy atom. The van der Waals surface area contributed by atoms with Crippen molar-refractivity contribution in [1.82, 2.24) is 9.80 Å². The smallest absolute Gasteiger partial charge is 0.255 e. The van der Waals surface area contributed by atoms with Crippen LogP contribution in [0.4, 0.5) is 0 Å². The minimum Gasteiger partial charge on any atom is -0.508 e. The Morgan fingerprint density at radius 3 is 2.36 bits per heavy atom. The quantitative estimate of drug-likeness (QED) is 0.272. The molecule has 0 radical (unpaired) electrons. The van der Waals surface area contributed by atoms with Gasteiger partial charge in [0.1, 0.15) is 22.8 Å². The van der Waals surface area contributed by atoms with E-state index in [-0.39, 0.29) is 40.9 Å². The first kappa shape index (κ1) is 32.8. The van der Waals surface area contributed by atoms with Crippen molar-refractivity contribution in [2.24, 2.45) is 28.9 Å². The van der Waals surface area contributed by atoms with Crippen molar-refractivity contribution < 1.29 is 34.4 Å². The monoisotopic (exact) mass is 622 g/mol. The van der Waals surface area contributed by atoms with Gasteiger partial charge < -0.3 is 31.2 Å². The molecule has 2 fully saturated rings. The third kappa shape index (κ3) is 5.38. The predicted molar refractivity (Wildman–Crippen MR) is 169 cm³/mol. The molecular formula is C34H46N4O7. The molecule has 11 nitrogen and oxygen atoms in total. The third-order valence-electron chi connectivity index (χ3n) is 9.94. The number of Topliss-reactive ketones (excluding diaryl/α,β-unsaturated/α-hetero) is 2. The Morgan fingerprint density at radius 1 is 1.18 bits per heavy atom. The molecule has 244 valence electrons. The maximum Gasteiger partial charge on any atom is 0.255 e. The highest BCUT2D eigenvalue weighted by molar-refractivity contribution is 6.25. The molecular weight excluding hydrogens is 576 g/mol. The number of benzene rings is 1. The molecule has 4 aliphatic rings. The number of nitrogens with two attached hydrogens (primary N) is 1. The van der Waals surface area contributed by atoms with Crippen LogP contribution in [-0.2, 0) is 32.1 Å². The maximum absolute atomic E-state index is 14.6. The van der Waals surface area contributed by atoms with E-state index in [1.54, 1.807) is 25.1 Å². The maximum atomic E-state index is 14.6. The molecule has 0 saturated heterocycles. The molecule has 6 N–H and O–H groups in total. The van der Waals surface area contributed by atoms with Gasteiger partial charge in [0.2, 0.25) is 5.78 Å². The molecule has 5 rings (SSSR count). The number of likely N-dealkylation sites (N-methyl/N-ethyl adjacent to an activating group) is 1. The molecule has 2 saturated carbocycles. The number of aliphatic hydroxyl groups excluding tert-OH is 2. The first-order chi connectivity index (χ1) is 20.9. The van der Waals surface area contributed by atoms with Crippen LogP contribution in [0.2, 0.25) is 0 Å². The summed E-state index contributed by atoms with van der Waals surface area (Å²) in [7, 11) is 4.41. The van der Waals surface area contributed by atoms with Crippen LogP contribution in [0.1, 0.15) is 62.3 Å². The van der Waals surface area contributed by atoms with E-state index in [9.17, 15) is 35.1 Å². The number of amides is 1. The molecule has 45 heavy (non-hydrogen) atoms. The van der Waals surface area contributed by atoms with Crippen LogP contribution < -0.4 is 5.73 Å². The lowest BCUT2D eigenvalue weighted by Gasteiger charge is -2.51. The summed E-state index contributed by atoms with van der Waals surface area (Å²) in [4.78, 5) is 44.4. The highest BCUT2D eigenvalue weighted by Crippen LogP contribution is 2.53. The molecule has 1 aromatic carbocycles. The van der Waals surface area contributed by atoms with E-state index < -0.39 is 58.0 Å². The van der Waals surface area contributed by atoms with Gasteiger partial charge in [-0.1, -0.05) is 20.8 Å². The standard InChI is InChI=1S/C34H46N4O7/c1-16-18(14-38(13-17-8-9-17)15-33(2,3)4)10-23(39)24-19(16)12-22(35)20-11-21-27(37(5)6)29(41)26(32(36)44)31(43)34(21,45-7)30(42)25(20)28(24)40/h10,17,20-21,27,35,39-40,43H,8-9,11-15H2,1-7H3,(H2,36,44)/t20?,21-,27-,34-/m0/s1. The van der Waals surface area contributed by atoms with Gasteiger partial charge in [0.05, 0.1) is 11.6 Å². The number of nitrogens with one attached hydrogen (secondary N) is 1. The summed E-state index contributed by atoms with van der Waals surface area (Å²) in [5, 5.41) is 43.8. The molecule has 0 heterocycles. The van der Waals surface area contributed by atoms with Crippen molar-refractivity contribution in [3.05, 3.63) is 45.2 Å². The van der Waals surface area contributed by atoms with Crippen molar-refractivity contribution in [3.63, 3.8) is 0 Å². The van der Waals surface area contributed by atoms with Gasteiger partial charge in [0, 0.05) is 56.3 Å². The van der Waals surface area contributed by atoms with E-state index in [0.717, 1.165) is 24.2 Å². The zero-order chi connectivity index (χ0) is 33.3. The Bertz CT molecular complexity index is 1550. The van der Waals surface area contributed by atoms with Crippen LogP contribution in [0.15, 0.2) is 23.0 Å². The van der Waals surface area contributed by atoms with Crippen molar-refractivity contribution in [1.29, 1.82) is 5.41 Å². The molecule has 0 bridgehead atoms. The fourth-order valence-electron chi connectivity index (χ4n) is 7.84. The number of aliphatic hydroxyl groups is 2. The molecule has 11 heteroatoms. The summed E-state index contributed by atoms with van der Waals surface area (Å²) < 4.78 is 5.74. The lowest BCUT2D eigenvalue weighted by atomic mass is 9.58. The number of carbonyl (C=O) groups is 3. The van der Waals surface area contributed by atoms with Crippen molar-refractivity contribution in [2.45, 2.75) is 71.6 Å². The summed E-state index contributed by atoms with van der Waals surface area (Å²) >= 11 is 0. The Kier molecular flexibility index (Phi) is 8.29. The largest absolute Gasteiger partial charge is 0.508 e. The van der Waals surface area contributed by atoms with Gasteiger partial charge in [-0.25, -0.2) is 0 Å². The fourth-order valence-corrected chi connectivity index (χ4v) is 7.84. The number of phenols is 1. The van der Waals surface area contributed by atoms with E-state index in [4.69, 9.17) is 10.5 Å². The molecule has 1 amide bonds. The molecule has 0 aromatic heterocycles. The van der Waals surface area contributed by atoms with E-state index in [1.807, 2.05) is 6.92 Å². The summed E-state index contributed by atoms with van der Waals surface area (Å²) in [6.07, 6.45) is 2.47. The highest BCUT2D eigenvalue weighted by atomic mass is 16.5. The number of hydrogen-bond donors (Lipinski definition) is 5. The second-order valence-corrected chi connectivity index (χ2v) is 14.7. The summed E-state index contributed by atoms with van der Waals surface area (Å²) in [6, 6.07) is 0.556. The molecule has 0 spiro atoms. The summed E-state index contributed by atoms with van der Waals surface area (Å²) in [6.45, 7) is 10.9. The third-order valence-corrected chi connectivity index (χ3v) is 9.94. The Balaban J connectivity index is 1.66. The summed E-state index contributed by atoms with van der Waals surface area (Å²) in [5.74, 6) is -5.68. The second-order valence-electron chi connectivity index (χ2n) is 14.7. The Labute approximate surface area is 264 Å². The van der Waals surface area contributed by atoms with Gasteiger partial charge in [-0.15, -0.1) is 0 Å². The first-order valence-electron chi connectivity index (χ1n) is 15.6. The van der Waals surface area contributed by atoms with E-state index in [2.05, 4.69) is 25.7 Å². The number of carbonyl (C=O) groups excluding carboxylic acids is 3. The van der Waals surface area contributed by atoms with Gasteiger partial charge in [0.25, 0.3) is 5.91 Å². The second kappa shape index (κ2) is 11.4. The highest BCUT2D eigenvalue weighted by Gasteiger charge is 2.65. The van der Waals surface area contributed by atoms with Crippen LogP contribution in [0, 0.1) is 35.5 Å². The lowest BCUT2D eigenvalue weighted by Crippen LogP contribution is -2.66. The summed E-state index contributed by atoms with van der Waals surface area (Å²) in [5.41, 5.74) is 4.88. The van der Waals surface area contributed by atoms with Gasteiger partial charge in [-0.05, 0) is 74.4 Å². The number of aromatic hydroxyl groups is 1. The average molecular weight is 623 g/mol. The van der Waals surface area contributed by atoms with Crippen LogP contribution in [0.3, 0.4) is 0 Å². The zero-order valence-electron chi connectivity index (χ0n) is 27.3. The van der Waals surface area contributed by atoms with Gasteiger partial charge in [-0.2, -0.15) is 0 Å². The zero-order valence-corrected chi connectivity index (χ0v) is 27.3. The van der Waals surface area contributed by atoms with E-state index in [0.29, 0.717) is 18.0 Å². The number of ketones is 2. The first-order valence-corrected chi connectivity index (χ1v) is 15.6. The van der Waals surface area contributed by atoms with Crippen LogP contribution in [-0.4, -0.2) is 94.2 Å². The average Bonchev–Trinajstić information content (AvgIpc) is 3.74. The van der Waals surface area contributed by atoms with Crippen LogP contribution >= 0.6 is 0 Å². The molecule has 1 unspecified atom stereocenters. The van der Waals surface area contributed by atoms with Gasteiger partial charge in [-0.3, -0.25) is 24.2 Å². The van der Waals surface area contributed by atoms with Gasteiger partial charge >= 0.3 is 0 Å². The number of methoxy groups -OCH3 is 1. The lowest BCUT2D eigenvalue weighted by molar-refractivity contribution is -0.158. The predicted octanol–water partition coefficient (Wildman–Crippen LogP) is 3.20. The Hall–Kier alpha value is -3.54.